The van der Waals surface area contributed by atoms with Crippen LogP contribution in [0.3, 0.4) is 0 Å². The summed E-state index contributed by atoms with van der Waals surface area (Å²) < 4.78 is 5.79. The van der Waals surface area contributed by atoms with Crippen molar-refractivity contribution in [3.05, 3.63) is 89.4 Å². The Labute approximate surface area is 247 Å². The van der Waals surface area contributed by atoms with Gasteiger partial charge in [0.25, 0.3) is 5.91 Å². The molecule has 0 spiro atoms. The second kappa shape index (κ2) is 12.8. The molecule has 3 aromatic carbocycles. The summed E-state index contributed by atoms with van der Waals surface area (Å²) in [5.74, 6) is 2.49. The van der Waals surface area contributed by atoms with Gasteiger partial charge < -0.3 is 26.1 Å². The van der Waals surface area contributed by atoms with Crippen LogP contribution in [0.25, 0.3) is 0 Å². The minimum Gasteiger partial charge on any atom is -0.457 e. The first-order valence-corrected chi connectivity index (χ1v) is 14.1. The number of para-hydroxylation sites is 1. The molecular weight excluding hydrogens is 558 g/mol. The van der Waals surface area contributed by atoms with Crippen molar-refractivity contribution < 1.29 is 9.53 Å². The van der Waals surface area contributed by atoms with Crippen LogP contribution in [0.4, 0.5) is 17.3 Å². The van der Waals surface area contributed by atoms with Crippen LogP contribution in [-0.4, -0.2) is 40.5 Å². The molecule has 1 aliphatic rings. The standard InChI is InChI=1S/C30H28ClN7O2S/c1-19(32)16-26(33)35-27-18-28(38-14-5-15-38)37-30(36-27)41-23-11-8-20(9-12-23)34-29(39)24-13-10-22(17-25(24)31)40-21-6-3-2-4-7-21/h2-4,6-13,17-18,32H,5,14-16H2,1H3,(H,34,39)(H2,33,35,36,37). The molecular formula is C30H28ClN7O2S. The van der Waals surface area contributed by atoms with Gasteiger partial charge in [0.1, 0.15) is 23.2 Å². The second-order valence-electron chi connectivity index (χ2n) is 9.41. The van der Waals surface area contributed by atoms with E-state index in [1.807, 2.05) is 60.7 Å². The van der Waals surface area contributed by atoms with Crippen LogP contribution in [0.5, 0.6) is 11.5 Å². The maximum absolute atomic E-state index is 12.9. The molecule has 0 radical (unpaired) electrons. The molecule has 0 bridgehead atoms. The zero-order valence-corrected chi connectivity index (χ0v) is 23.9. The molecule has 41 heavy (non-hydrogen) atoms. The van der Waals surface area contributed by atoms with Gasteiger partial charge in [0.05, 0.1) is 10.6 Å². The smallest absolute Gasteiger partial charge is 0.257 e. The molecule has 2 heterocycles. The molecule has 1 aromatic heterocycles. The number of hydrogen-bond acceptors (Lipinski definition) is 8. The summed E-state index contributed by atoms with van der Waals surface area (Å²) in [4.78, 5) is 29.6. The Kier molecular flexibility index (Phi) is 8.81. The van der Waals surface area contributed by atoms with Crippen molar-refractivity contribution in [2.24, 2.45) is 10.7 Å². The number of halogens is 1. The van der Waals surface area contributed by atoms with Crippen molar-refractivity contribution >= 4 is 58.1 Å². The number of nitrogens with one attached hydrogen (secondary N) is 2. The van der Waals surface area contributed by atoms with E-state index in [1.165, 1.54) is 11.8 Å². The fraction of sp³-hybridized carbons (Fsp3) is 0.167. The highest BCUT2D eigenvalue weighted by molar-refractivity contribution is 7.99. The minimum atomic E-state index is -0.326. The van der Waals surface area contributed by atoms with Gasteiger partial charge in [0, 0.05) is 47.9 Å². The predicted octanol–water partition coefficient (Wildman–Crippen LogP) is 6.95. The van der Waals surface area contributed by atoms with Gasteiger partial charge >= 0.3 is 0 Å². The maximum Gasteiger partial charge on any atom is 0.257 e. The topological polar surface area (TPSA) is 130 Å². The monoisotopic (exact) mass is 585 g/mol. The SMILES string of the molecule is CC(=N)CC(N)=Nc1cc(N2CCC2)nc(Sc2ccc(NC(=O)c3ccc(Oc4ccccc4)cc3Cl)cc2)n1. The van der Waals surface area contributed by atoms with E-state index >= 15 is 0 Å². The minimum absolute atomic E-state index is 0.287. The molecule has 0 saturated carbocycles. The van der Waals surface area contributed by atoms with Crippen molar-refractivity contribution in [1.82, 2.24) is 9.97 Å². The molecule has 5 rings (SSSR count). The van der Waals surface area contributed by atoms with E-state index in [0.29, 0.717) is 45.3 Å². The number of ether oxygens (including phenoxy) is 1. The molecule has 1 amide bonds. The number of amidine groups is 1. The van der Waals surface area contributed by atoms with E-state index in [1.54, 1.807) is 25.1 Å². The zero-order valence-electron chi connectivity index (χ0n) is 22.3. The third-order valence-corrected chi connectivity index (χ3v) is 7.23. The van der Waals surface area contributed by atoms with Gasteiger partial charge in [-0.3, -0.25) is 4.79 Å². The van der Waals surface area contributed by atoms with Gasteiger partial charge in [-0.25, -0.2) is 15.0 Å². The van der Waals surface area contributed by atoms with Crippen LogP contribution in [0.15, 0.2) is 93.9 Å². The summed E-state index contributed by atoms with van der Waals surface area (Å²) in [6.07, 6.45) is 1.40. The number of anilines is 2. The molecule has 1 aliphatic heterocycles. The average molecular weight is 586 g/mol. The van der Waals surface area contributed by atoms with Crippen molar-refractivity contribution in [3.8, 4) is 11.5 Å². The van der Waals surface area contributed by atoms with Gasteiger partial charge in [0.15, 0.2) is 11.0 Å². The second-order valence-corrected chi connectivity index (χ2v) is 10.9. The lowest BCUT2D eigenvalue weighted by atomic mass is 10.2. The lowest BCUT2D eigenvalue weighted by Crippen LogP contribution is -2.37. The Morgan fingerprint density at radius 3 is 2.49 bits per heavy atom. The molecule has 0 unspecified atom stereocenters. The number of hydrogen-bond donors (Lipinski definition) is 3. The quantitative estimate of drug-likeness (QED) is 0.104. The number of nitrogens with zero attached hydrogens (tertiary/aromatic N) is 4. The van der Waals surface area contributed by atoms with E-state index in [-0.39, 0.29) is 17.4 Å². The average Bonchev–Trinajstić information content (AvgIpc) is 2.89. The number of benzene rings is 3. The number of aromatic nitrogens is 2. The third kappa shape index (κ3) is 7.62. The third-order valence-electron chi connectivity index (χ3n) is 6.05. The van der Waals surface area contributed by atoms with Crippen LogP contribution in [0, 0.1) is 5.41 Å². The molecule has 1 fully saturated rings. The predicted molar refractivity (Wildman–Crippen MR) is 165 cm³/mol. The Morgan fingerprint density at radius 1 is 1.07 bits per heavy atom. The van der Waals surface area contributed by atoms with Gasteiger partial charge in [-0.2, -0.15) is 0 Å². The Hall–Kier alpha value is -4.41. The summed E-state index contributed by atoms with van der Waals surface area (Å²) in [5, 5.41) is 11.4. The molecule has 4 aromatic rings. The van der Waals surface area contributed by atoms with Crippen LogP contribution in [0.2, 0.25) is 5.02 Å². The highest BCUT2D eigenvalue weighted by Crippen LogP contribution is 2.32. The number of carbonyl (C=O) groups excluding carboxylic acids is 1. The highest BCUT2D eigenvalue weighted by atomic mass is 35.5. The Morgan fingerprint density at radius 2 is 1.83 bits per heavy atom. The van der Waals surface area contributed by atoms with Crippen LogP contribution in [-0.2, 0) is 0 Å². The first-order chi connectivity index (χ1) is 19.8. The summed E-state index contributed by atoms with van der Waals surface area (Å²) in [6.45, 7) is 3.55. The van der Waals surface area contributed by atoms with Gasteiger partial charge in [-0.1, -0.05) is 29.8 Å². The van der Waals surface area contributed by atoms with Crippen LogP contribution >= 0.6 is 23.4 Å². The van der Waals surface area contributed by atoms with E-state index in [4.69, 9.17) is 32.5 Å². The van der Waals surface area contributed by atoms with Gasteiger partial charge in [-0.05, 0) is 73.6 Å². The first-order valence-electron chi connectivity index (χ1n) is 13.0. The largest absolute Gasteiger partial charge is 0.457 e. The molecule has 9 nitrogen and oxygen atoms in total. The fourth-order valence-corrected chi connectivity index (χ4v) is 4.97. The van der Waals surface area contributed by atoms with Crippen molar-refractivity contribution in [2.75, 3.05) is 23.3 Å². The number of rotatable bonds is 10. The summed E-state index contributed by atoms with van der Waals surface area (Å²) >= 11 is 7.79. The lowest BCUT2D eigenvalue weighted by molar-refractivity contribution is 0.102. The normalized spacial score (nSPS) is 12.9. The first kappa shape index (κ1) is 28.1. The molecule has 4 N–H and O–H groups in total. The summed E-state index contributed by atoms with van der Waals surface area (Å²) in [5.41, 5.74) is 7.40. The fourth-order valence-electron chi connectivity index (χ4n) is 3.95. The number of amides is 1. The van der Waals surface area contributed by atoms with E-state index < -0.39 is 0 Å². The van der Waals surface area contributed by atoms with Crippen molar-refractivity contribution in [2.45, 2.75) is 29.8 Å². The molecule has 1 saturated heterocycles. The van der Waals surface area contributed by atoms with Crippen molar-refractivity contribution in [3.63, 3.8) is 0 Å². The van der Waals surface area contributed by atoms with E-state index in [2.05, 4.69) is 20.2 Å². The lowest BCUT2D eigenvalue weighted by Gasteiger charge is -2.32. The molecule has 11 heteroatoms. The van der Waals surface area contributed by atoms with E-state index in [0.717, 1.165) is 30.2 Å². The summed E-state index contributed by atoms with van der Waals surface area (Å²) in [7, 11) is 0. The van der Waals surface area contributed by atoms with Gasteiger partial charge in [0.2, 0.25) is 0 Å². The van der Waals surface area contributed by atoms with Crippen LogP contribution < -0.4 is 20.7 Å². The Bertz CT molecular complexity index is 1590. The maximum atomic E-state index is 12.9. The summed E-state index contributed by atoms with van der Waals surface area (Å²) in [6, 6.07) is 23.5. The molecule has 0 atom stereocenters. The number of carbonyl (C=O) groups is 1. The molecule has 0 aliphatic carbocycles. The van der Waals surface area contributed by atoms with Crippen molar-refractivity contribution in [1.29, 1.82) is 5.41 Å². The molecule has 208 valence electrons. The van der Waals surface area contributed by atoms with Gasteiger partial charge in [-0.15, -0.1) is 0 Å². The van der Waals surface area contributed by atoms with Crippen LogP contribution in [0.1, 0.15) is 30.1 Å². The van der Waals surface area contributed by atoms with E-state index in [9.17, 15) is 4.79 Å². The highest BCUT2D eigenvalue weighted by Gasteiger charge is 2.18. The number of nitrogens with two attached hydrogens (primary N) is 1. The Balaban J connectivity index is 1.26. The zero-order chi connectivity index (χ0) is 28.8. The number of aliphatic imine (C=N–C) groups is 1.